The van der Waals surface area contributed by atoms with Gasteiger partial charge in [0.25, 0.3) is 10.0 Å². The second-order valence-corrected chi connectivity index (χ2v) is 11.9. The van der Waals surface area contributed by atoms with Crippen molar-refractivity contribution in [2.75, 3.05) is 39.1 Å². The molecule has 1 heterocycles. The van der Waals surface area contributed by atoms with E-state index in [2.05, 4.69) is 0 Å². The lowest BCUT2D eigenvalue weighted by Gasteiger charge is -2.37. The Bertz CT molecular complexity index is 986. The maximum absolute atomic E-state index is 14.1. The Labute approximate surface area is 170 Å². The first-order valence-electron chi connectivity index (χ1n) is 7.55. The van der Waals surface area contributed by atoms with Crippen molar-refractivity contribution < 1.29 is 64.8 Å². The molecule has 9 nitrogen and oxygen atoms in total. The number of likely N-dealkylation sites (N-methyl/N-ethyl adjacent to an activating group) is 1. The number of hydrogen-bond acceptors (Lipinski definition) is 7. The van der Waals surface area contributed by atoms with Crippen molar-refractivity contribution in [2.45, 2.75) is 21.9 Å². The average molecular weight is 539 g/mol. The summed E-state index contributed by atoms with van der Waals surface area (Å²) in [4.78, 5) is 1.37. The minimum Gasteiger partial charge on any atom is -0.304 e. The van der Waals surface area contributed by atoms with E-state index in [0.717, 1.165) is 0 Å². The van der Waals surface area contributed by atoms with Crippen molar-refractivity contribution >= 4 is 29.9 Å². The van der Waals surface area contributed by atoms with Crippen LogP contribution >= 0.6 is 0 Å². The van der Waals surface area contributed by atoms with Crippen molar-refractivity contribution in [2.24, 2.45) is 0 Å². The smallest absolute Gasteiger partial charge is 0.304 e. The molecule has 0 saturated carbocycles. The third kappa shape index (κ3) is 4.75. The maximum Gasteiger partial charge on any atom is 0.511 e. The molecule has 186 valence electrons. The van der Waals surface area contributed by atoms with Crippen LogP contribution in [0.2, 0.25) is 0 Å². The molecule has 0 atom stereocenters. The Morgan fingerprint density at radius 2 is 1.16 bits per heavy atom. The summed E-state index contributed by atoms with van der Waals surface area (Å²) in [5.74, 6) is -10.3. The van der Waals surface area contributed by atoms with E-state index in [1.807, 2.05) is 0 Å². The first kappa shape index (κ1) is 28.1. The summed E-state index contributed by atoms with van der Waals surface area (Å²) in [6, 6.07) is 0. The Kier molecular flexibility index (Phi) is 7.40. The van der Waals surface area contributed by atoms with Crippen LogP contribution in [0.25, 0.3) is 0 Å². The minimum atomic E-state index is -7.20. The summed E-state index contributed by atoms with van der Waals surface area (Å²) < 4.78 is 188. The molecule has 0 aromatic carbocycles. The largest absolute Gasteiger partial charge is 0.511 e. The van der Waals surface area contributed by atoms with Gasteiger partial charge in [0.1, 0.15) is 5.88 Å². The molecule has 31 heavy (non-hydrogen) atoms. The van der Waals surface area contributed by atoms with Crippen LogP contribution in [0.1, 0.15) is 0 Å². The summed E-state index contributed by atoms with van der Waals surface area (Å²) in [6.07, 6.45) is 0. The molecular weight excluding hydrogens is 525 g/mol. The van der Waals surface area contributed by atoms with Crippen LogP contribution in [0, 0.1) is 0 Å². The SMILES string of the molecule is CN1CCN(S(=O)(=O)C(F)(F)C(F)(F)C(F)(F)S(=O)(=O)CNS(=O)(=O)C(F)(F)F)CC1. The van der Waals surface area contributed by atoms with E-state index in [1.165, 1.54) is 11.9 Å². The average Bonchev–Trinajstić information content (AvgIpc) is 2.59. The predicted molar refractivity (Wildman–Crippen MR) is 84.7 cm³/mol. The molecule has 0 spiro atoms. The normalized spacial score (nSPS) is 19.5. The molecule has 1 aliphatic heterocycles. The first-order valence-corrected chi connectivity index (χ1v) is 12.1. The molecule has 0 radical (unpaired) electrons. The quantitative estimate of drug-likeness (QED) is 0.438. The topological polar surface area (TPSA) is 121 Å². The number of nitrogens with zero attached hydrogens (tertiary/aromatic N) is 2. The highest BCUT2D eigenvalue weighted by Crippen LogP contribution is 2.51. The molecule has 1 saturated heterocycles. The minimum absolute atomic E-state index is 0.0115. The third-order valence-corrected chi connectivity index (χ3v) is 8.82. The van der Waals surface area contributed by atoms with Gasteiger partial charge >= 0.3 is 32.0 Å². The monoisotopic (exact) mass is 539 g/mol. The number of halogens is 9. The van der Waals surface area contributed by atoms with Crippen molar-refractivity contribution in [3.05, 3.63) is 0 Å². The van der Waals surface area contributed by atoms with Gasteiger partial charge in [0.2, 0.25) is 9.84 Å². The molecule has 1 rings (SSSR count). The van der Waals surface area contributed by atoms with Crippen LogP contribution in [-0.4, -0.2) is 95.5 Å². The van der Waals surface area contributed by atoms with Crippen LogP contribution in [0.4, 0.5) is 39.5 Å². The van der Waals surface area contributed by atoms with E-state index in [9.17, 15) is 64.8 Å². The zero-order chi connectivity index (χ0) is 24.9. The lowest BCUT2D eigenvalue weighted by Crippen LogP contribution is -2.65. The molecule has 0 aromatic heterocycles. The van der Waals surface area contributed by atoms with Crippen LogP contribution in [0.15, 0.2) is 0 Å². The number of sulfonamides is 2. The van der Waals surface area contributed by atoms with E-state index in [4.69, 9.17) is 0 Å². The zero-order valence-corrected chi connectivity index (χ0v) is 17.5. The number of alkyl halides is 9. The molecule has 1 N–H and O–H groups in total. The molecule has 1 aliphatic rings. The second-order valence-electron chi connectivity index (χ2n) is 6.17. The van der Waals surface area contributed by atoms with Crippen molar-refractivity contribution in [1.29, 1.82) is 0 Å². The third-order valence-electron chi connectivity index (χ3n) is 3.99. The fraction of sp³-hybridized carbons (Fsp3) is 1.00. The number of nitrogens with one attached hydrogen (secondary N) is 1. The Balaban J connectivity index is 3.32. The number of hydrogen-bond donors (Lipinski definition) is 1. The fourth-order valence-electron chi connectivity index (χ4n) is 2.04. The van der Waals surface area contributed by atoms with Gasteiger partial charge < -0.3 is 4.90 Å². The molecule has 0 aromatic rings. The number of piperazine rings is 1. The molecule has 21 heteroatoms. The highest BCUT2D eigenvalue weighted by Gasteiger charge is 2.82. The standard InChI is InChI=1S/C10H14F9N3O6S3/c1-21-2-4-22(5-3-21)31(27,28)9(15,16)7(11,12)8(13,14)29(23,24)6-20-30(25,26)10(17,18)19/h20H,2-6H2,1H3. The lowest BCUT2D eigenvalue weighted by molar-refractivity contribution is -0.245. The van der Waals surface area contributed by atoms with Gasteiger partial charge in [-0.3, -0.25) is 0 Å². The van der Waals surface area contributed by atoms with Crippen molar-refractivity contribution in [3.63, 3.8) is 0 Å². The molecule has 0 unspecified atom stereocenters. The molecule has 0 aliphatic carbocycles. The zero-order valence-electron chi connectivity index (χ0n) is 15.0. The van der Waals surface area contributed by atoms with Gasteiger partial charge in [-0.15, -0.1) is 0 Å². The van der Waals surface area contributed by atoms with Gasteiger partial charge in [-0.1, -0.05) is 0 Å². The Hall–Kier alpha value is -0.900. The fourth-order valence-corrected chi connectivity index (χ4v) is 5.63. The number of sulfone groups is 1. The summed E-state index contributed by atoms with van der Waals surface area (Å²) in [5.41, 5.74) is -6.25. The van der Waals surface area contributed by atoms with Crippen LogP contribution in [0.3, 0.4) is 0 Å². The maximum atomic E-state index is 14.1. The molecule has 0 amide bonds. The van der Waals surface area contributed by atoms with E-state index in [0.29, 0.717) is 0 Å². The first-order chi connectivity index (χ1) is 13.5. The predicted octanol–water partition coefficient (Wildman–Crippen LogP) is 0.196. The van der Waals surface area contributed by atoms with Gasteiger partial charge in [0.05, 0.1) is 0 Å². The van der Waals surface area contributed by atoms with E-state index < -0.39 is 70.8 Å². The van der Waals surface area contributed by atoms with E-state index in [-0.39, 0.29) is 22.1 Å². The highest BCUT2D eigenvalue weighted by molar-refractivity contribution is 7.95. The van der Waals surface area contributed by atoms with Gasteiger partial charge in [-0.05, 0) is 7.05 Å². The highest BCUT2D eigenvalue weighted by atomic mass is 32.2. The van der Waals surface area contributed by atoms with Gasteiger partial charge in [0.15, 0.2) is 0 Å². The van der Waals surface area contributed by atoms with Crippen molar-refractivity contribution in [3.8, 4) is 0 Å². The van der Waals surface area contributed by atoms with Crippen molar-refractivity contribution in [1.82, 2.24) is 13.9 Å². The molecule has 0 bridgehead atoms. The van der Waals surface area contributed by atoms with Crippen LogP contribution in [0.5, 0.6) is 0 Å². The summed E-state index contributed by atoms with van der Waals surface area (Å²) >= 11 is 0. The molecule has 1 fully saturated rings. The van der Waals surface area contributed by atoms with E-state index >= 15 is 0 Å². The summed E-state index contributed by atoms with van der Waals surface area (Å²) in [5, 5.41) is -13.7. The lowest BCUT2D eigenvalue weighted by atomic mass is 10.3. The summed E-state index contributed by atoms with van der Waals surface area (Å²) in [6.45, 7) is -2.22. The van der Waals surface area contributed by atoms with E-state index in [1.54, 1.807) is 0 Å². The van der Waals surface area contributed by atoms with Crippen LogP contribution < -0.4 is 4.72 Å². The van der Waals surface area contributed by atoms with Gasteiger partial charge in [-0.25, -0.2) is 25.3 Å². The molecular formula is C10H14F9N3O6S3. The summed E-state index contributed by atoms with van der Waals surface area (Å²) in [7, 11) is -19.0. The second kappa shape index (κ2) is 8.15. The Morgan fingerprint density at radius 3 is 1.55 bits per heavy atom. The number of rotatable bonds is 8. The van der Waals surface area contributed by atoms with Gasteiger partial charge in [0, 0.05) is 26.2 Å². The Morgan fingerprint density at radius 1 is 0.742 bits per heavy atom. The van der Waals surface area contributed by atoms with Gasteiger partial charge in [-0.2, -0.15) is 48.5 Å². The van der Waals surface area contributed by atoms with Crippen LogP contribution in [-0.2, 0) is 29.9 Å².